The lowest BCUT2D eigenvalue weighted by Gasteiger charge is -2.02. The summed E-state index contributed by atoms with van der Waals surface area (Å²) in [5.74, 6) is 0.949. The van der Waals surface area contributed by atoms with Gasteiger partial charge in [0.1, 0.15) is 0 Å². The van der Waals surface area contributed by atoms with Crippen LogP contribution in [0.2, 0.25) is 0 Å². The summed E-state index contributed by atoms with van der Waals surface area (Å²) in [6.07, 6.45) is 5.83. The molecule has 0 aromatic carbocycles. The Kier molecular flexibility index (Phi) is 32.8. The summed E-state index contributed by atoms with van der Waals surface area (Å²) in [5.41, 5.74) is 0. The Hall–Kier alpha value is -0.520. The first kappa shape index (κ1) is 17.5. The Balaban J connectivity index is -0.000000137. The molecule has 0 N–H and O–H groups in total. The molecule has 0 saturated heterocycles. The molecule has 0 radical (unpaired) electrons. The van der Waals surface area contributed by atoms with Gasteiger partial charge >= 0.3 is 0 Å². The molecule has 0 aliphatic rings. The van der Waals surface area contributed by atoms with E-state index in [0.29, 0.717) is 0 Å². The van der Waals surface area contributed by atoms with Crippen molar-refractivity contribution in [3.63, 3.8) is 0 Å². The number of hydrogen-bond acceptors (Lipinski definition) is 0. The van der Waals surface area contributed by atoms with E-state index in [9.17, 15) is 0 Å². The predicted octanol–water partition coefficient (Wildman–Crippen LogP) is 4.83. The molecule has 0 heterocycles. The molecule has 0 aliphatic carbocycles. The third-order valence-corrected chi connectivity index (χ3v) is 1.48. The Morgan fingerprint density at radius 3 is 1.67 bits per heavy atom. The zero-order valence-corrected chi connectivity index (χ0v) is 9.40. The predicted molar refractivity (Wildman–Crippen MR) is 61.5 cm³/mol. The summed E-state index contributed by atoms with van der Waals surface area (Å²) in [5, 5.41) is 0. The maximum Gasteiger partial charge on any atom is -0.0446 e. The lowest BCUT2D eigenvalue weighted by Crippen LogP contribution is -1.88. The van der Waals surface area contributed by atoms with Gasteiger partial charge in [0, 0.05) is 0 Å². The van der Waals surface area contributed by atoms with Gasteiger partial charge in [-0.3, -0.25) is 0 Å². The van der Waals surface area contributed by atoms with Crippen LogP contribution in [0.1, 0.15) is 47.0 Å². The van der Waals surface area contributed by atoms with Crippen molar-refractivity contribution in [2.24, 2.45) is 5.92 Å². The zero-order chi connectivity index (χ0) is 10.4. The highest BCUT2D eigenvalue weighted by Crippen LogP contribution is 2.07. The van der Waals surface area contributed by atoms with E-state index < -0.39 is 0 Å². The number of hydrogen-bond donors (Lipinski definition) is 0. The van der Waals surface area contributed by atoms with Gasteiger partial charge in [0.25, 0.3) is 0 Å². The second-order valence-electron chi connectivity index (χ2n) is 2.71. The molecule has 12 heavy (non-hydrogen) atoms. The standard InChI is InChI=1S/C7H16.C3H6.C2H4/c1-4-6-7(3)5-2;1-3-2;1-2/h7H,4-6H2,1-3H3;3H,1H2,2H3;1-2H2. The van der Waals surface area contributed by atoms with Crippen molar-refractivity contribution in [1.29, 1.82) is 0 Å². The molecule has 0 rings (SSSR count). The average molecular weight is 170 g/mol. The van der Waals surface area contributed by atoms with Gasteiger partial charge in [-0.25, -0.2) is 0 Å². The first-order valence-corrected chi connectivity index (χ1v) is 4.79. The molecule has 0 aliphatic heterocycles. The van der Waals surface area contributed by atoms with E-state index in [-0.39, 0.29) is 0 Å². The van der Waals surface area contributed by atoms with Crippen LogP contribution in [0.25, 0.3) is 0 Å². The highest BCUT2D eigenvalue weighted by atomic mass is 14.0. The zero-order valence-electron chi connectivity index (χ0n) is 9.40. The molecule has 0 bridgehead atoms. The Labute approximate surface area is 79.4 Å². The van der Waals surface area contributed by atoms with Gasteiger partial charge in [-0.15, -0.1) is 19.7 Å². The van der Waals surface area contributed by atoms with Gasteiger partial charge in [0.2, 0.25) is 0 Å². The molecular weight excluding hydrogens is 144 g/mol. The number of allylic oxidation sites excluding steroid dienone is 1. The Bertz CT molecular complexity index is 64.4. The summed E-state index contributed by atoms with van der Waals surface area (Å²) in [6.45, 7) is 18.1. The lowest BCUT2D eigenvalue weighted by atomic mass is 10.0. The quantitative estimate of drug-likeness (QED) is 0.532. The smallest absolute Gasteiger partial charge is 0.0446 e. The molecule has 0 aromatic rings. The number of rotatable bonds is 3. The molecule has 0 fully saturated rings. The summed E-state index contributed by atoms with van der Waals surface area (Å²) in [6, 6.07) is 0. The van der Waals surface area contributed by atoms with Gasteiger partial charge in [-0.05, 0) is 12.8 Å². The van der Waals surface area contributed by atoms with Gasteiger partial charge in [0.15, 0.2) is 0 Å². The van der Waals surface area contributed by atoms with Crippen molar-refractivity contribution in [2.45, 2.75) is 47.0 Å². The van der Waals surface area contributed by atoms with Crippen LogP contribution >= 0.6 is 0 Å². The second kappa shape index (κ2) is 22.4. The highest BCUT2D eigenvalue weighted by Gasteiger charge is 1.92. The SMILES string of the molecule is C=C.C=CC.CCCC(C)CC. The largest absolute Gasteiger partial charge is 0.106 e. The van der Waals surface area contributed by atoms with Crippen LogP contribution in [0.4, 0.5) is 0 Å². The molecule has 1 unspecified atom stereocenters. The fraction of sp³-hybridized carbons (Fsp3) is 0.667. The fourth-order valence-electron chi connectivity index (χ4n) is 0.697. The fourth-order valence-corrected chi connectivity index (χ4v) is 0.697. The van der Waals surface area contributed by atoms with Crippen molar-refractivity contribution >= 4 is 0 Å². The van der Waals surface area contributed by atoms with E-state index in [2.05, 4.69) is 40.5 Å². The van der Waals surface area contributed by atoms with Crippen molar-refractivity contribution in [3.8, 4) is 0 Å². The second-order valence-corrected chi connectivity index (χ2v) is 2.71. The van der Waals surface area contributed by atoms with Crippen LogP contribution in [0.15, 0.2) is 25.8 Å². The Morgan fingerprint density at radius 1 is 1.25 bits per heavy atom. The molecule has 0 nitrogen and oxygen atoms in total. The highest BCUT2D eigenvalue weighted by molar-refractivity contribution is 4.51. The van der Waals surface area contributed by atoms with Crippen LogP contribution < -0.4 is 0 Å². The minimum atomic E-state index is 0.949. The van der Waals surface area contributed by atoms with Crippen LogP contribution in [-0.2, 0) is 0 Å². The van der Waals surface area contributed by atoms with Crippen LogP contribution in [0.3, 0.4) is 0 Å². The molecule has 1 atom stereocenters. The van der Waals surface area contributed by atoms with E-state index in [1.54, 1.807) is 6.08 Å². The maximum absolute atomic E-state index is 3.36. The summed E-state index contributed by atoms with van der Waals surface area (Å²) < 4.78 is 0. The van der Waals surface area contributed by atoms with Gasteiger partial charge in [0.05, 0.1) is 0 Å². The van der Waals surface area contributed by atoms with Crippen molar-refractivity contribution in [3.05, 3.63) is 25.8 Å². The van der Waals surface area contributed by atoms with E-state index in [1.165, 1.54) is 19.3 Å². The monoisotopic (exact) mass is 170 g/mol. The van der Waals surface area contributed by atoms with Gasteiger partial charge < -0.3 is 0 Å². The van der Waals surface area contributed by atoms with E-state index in [4.69, 9.17) is 0 Å². The van der Waals surface area contributed by atoms with E-state index in [0.717, 1.165) is 5.92 Å². The van der Waals surface area contributed by atoms with Crippen molar-refractivity contribution in [2.75, 3.05) is 0 Å². The lowest BCUT2D eigenvalue weighted by molar-refractivity contribution is 0.509. The Morgan fingerprint density at radius 2 is 1.58 bits per heavy atom. The first-order valence-electron chi connectivity index (χ1n) is 4.79. The third kappa shape index (κ3) is 34.0. The van der Waals surface area contributed by atoms with Crippen LogP contribution in [-0.4, -0.2) is 0 Å². The van der Waals surface area contributed by atoms with Gasteiger partial charge in [-0.1, -0.05) is 46.1 Å². The van der Waals surface area contributed by atoms with Crippen molar-refractivity contribution in [1.82, 2.24) is 0 Å². The molecular formula is C12H26. The summed E-state index contributed by atoms with van der Waals surface area (Å²) >= 11 is 0. The molecule has 74 valence electrons. The topological polar surface area (TPSA) is 0 Å². The maximum atomic E-state index is 3.36. The molecule has 0 saturated carbocycles. The normalized spacial score (nSPS) is 9.67. The molecule has 0 amide bonds. The molecule has 0 spiro atoms. The third-order valence-electron chi connectivity index (χ3n) is 1.48. The van der Waals surface area contributed by atoms with Crippen molar-refractivity contribution < 1.29 is 0 Å². The average Bonchev–Trinajstić information content (AvgIpc) is 2.10. The first-order chi connectivity index (χ1) is 5.72. The summed E-state index contributed by atoms with van der Waals surface area (Å²) in [7, 11) is 0. The molecule has 0 aromatic heterocycles. The molecule has 0 heteroatoms. The van der Waals surface area contributed by atoms with E-state index >= 15 is 0 Å². The van der Waals surface area contributed by atoms with Crippen LogP contribution in [0.5, 0.6) is 0 Å². The minimum absolute atomic E-state index is 0.949. The van der Waals surface area contributed by atoms with Crippen LogP contribution in [0, 0.1) is 5.92 Å². The minimum Gasteiger partial charge on any atom is -0.106 e. The van der Waals surface area contributed by atoms with Gasteiger partial charge in [-0.2, -0.15) is 0 Å². The summed E-state index contributed by atoms with van der Waals surface area (Å²) in [4.78, 5) is 0. The van der Waals surface area contributed by atoms with E-state index in [1.807, 2.05) is 6.92 Å².